The number of fused-ring (bicyclic) bond motifs is 1. The van der Waals surface area contributed by atoms with Crippen LogP contribution in [0.2, 0.25) is 0 Å². The van der Waals surface area contributed by atoms with Crippen molar-refractivity contribution in [3.8, 4) is 5.69 Å². The molecule has 1 unspecified atom stereocenters. The Balaban J connectivity index is 1.32. The lowest BCUT2D eigenvalue weighted by atomic mass is 9.72. The summed E-state index contributed by atoms with van der Waals surface area (Å²) in [6.07, 6.45) is 7.44. The number of halogens is 3. The van der Waals surface area contributed by atoms with Crippen molar-refractivity contribution in [2.24, 2.45) is 24.8 Å². The second-order valence-corrected chi connectivity index (χ2v) is 12.2. The van der Waals surface area contributed by atoms with Crippen LogP contribution >= 0.6 is 0 Å². The van der Waals surface area contributed by atoms with E-state index < -0.39 is 17.4 Å². The van der Waals surface area contributed by atoms with Gasteiger partial charge in [-0.05, 0) is 72.9 Å². The van der Waals surface area contributed by atoms with E-state index in [9.17, 15) is 18.0 Å². The molecule has 41 heavy (non-hydrogen) atoms. The average Bonchev–Trinajstić information content (AvgIpc) is 3.44. The van der Waals surface area contributed by atoms with Crippen LogP contribution in [0, 0.1) is 17.8 Å². The topological polar surface area (TPSA) is 60.4 Å². The second kappa shape index (κ2) is 11.1. The number of pyridine rings is 1. The summed E-state index contributed by atoms with van der Waals surface area (Å²) < 4.78 is 47.2. The summed E-state index contributed by atoms with van der Waals surface area (Å²) in [4.78, 5) is 15.8. The van der Waals surface area contributed by atoms with Crippen LogP contribution in [0.1, 0.15) is 61.5 Å². The van der Waals surface area contributed by atoms with Crippen LogP contribution in [0.4, 0.5) is 13.2 Å². The SMILES string of the molecule is C[C@H]1CCCN(Cc2cc(C(F)(F)F)c3cn(-c4cccc(CC(Cc5nncn5C)C5CCC5)c4)c(=O)n3c2)C1. The normalized spacial score (nSPS) is 19.5. The Hall–Kier alpha value is -3.40. The highest BCUT2D eigenvalue weighted by molar-refractivity contribution is 5.58. The molecular weight excluding hydrogens is 529 g/mol. The number of imidazole rings is 1. The molecule has 6 rings (SSSR count). The van der Waals surface area contributed by atoms with Crippen molar-refractivity contribution in [1.82, 2.24) is 28.6 Å². The van der Waals surface area contributed by atoms with Crippen molar-refractivity contribution in [1.29, 1.82) is 0 Å². The van der Waals surface area contributed by atoms with Crippen LogP contribution < -0.4 is 5.69 Å². The quantitative estimate of drug-likeness (QED) is 0.276. The first-order chi connectivity index (χ1) is 19.7. The van der Waals surface area contributed by atoms with Gasteiger partial charge in [0.1, 0.15) is 12.2 Å². The summed E-state index contributed by atoms with van der Waals surface area (Å²) in [6.45, 7) is 4.26. The Kier molecular flexibility index (Phi) is 7.52. The minimum absolute atomic E-state index is 0.127. The molecule has 1 aliphatic heterocycles. The summed E-state index contributed by atoms with van der Waals surface area (Å²) >= 11 is 0. The number of hydrogen-bond donors (Lipinski definition) is 0. The zero-order valence-corrected chi connectivity index (χ0v) is 23.6. The highest BCUT2D eigenvalue weighted by Gasteiger charge is 2.35. The van der Waals surface area contributed by atoms with Gasteiger partial charge in [-0.15, -0.1) is 10.2 Å². The molecule has 0 N–H and O–H groups in total. The van der Waals surface area contributed by atoms with Crippen molar-refractivity contribution in [2.45, 2.75) is 64.6 Å². The summed E-state index contributed by atoms with van der Waals surface area (Å²) in [5.41, 5.74) is 0.728. The molecule has 0 radical (unpaired) electrons. The predicted molar refractivity (Wildman–Crippen MR) is 151 cm³/mol. The first-order valence-corrected chi connectivity index (χ1v) is 14.6. The van der Waals surface area contributed by atoms with Gasteiger partial charge < -0.3 is 4.57 Å². The van der Waals surface area contributed by atoms with Crippen LogP contribution in [-0.2, 0) is 32.6 Å². The van der Waals surface area contributed by atoms with Gasteiger partial charge in [-0.2, -0.15) is 13.2 Å². The van der Waals surface area contributed by atoms with E-state index in [0.29, 0.717) is 35.5 Å². The molecule has 1 aliphatic carbocycles. The van der Waals surface area contributed by atoms with E-state index in [0.717, 1.165) is 50.2 Å². The fraction of sp³-hybridized carbons (Fsp3) is 0.516. The minimum atomic E-state index is -4.58. The molecule has 1 saturated heterocycles. The number of alkyl halides is 3. The molecule has 218 valence electrons. The van der Waals surface area contributed by atoms with Crippen molar-refractivity contribution in [2.75, 3.05) is 13.1 Å². The van der Waals surface area contributed by atoms with Crippen LogP contribution in [0.15, 0.2) is 53.8 Å². The van der Waals surface area contributed by atoms with E-state index in [4.69, 9.17) is 0 Å². The van der Waals surface area contributed by atoms with E-state index >= 15 is 0 Å². The van der Waals surface area contributed by atoms with Gasteiger partial charge in [0.15, 0.2) is 0 Å². The Bertz CT molecular complexity index is 1580. The van der Waals surface area contributed by atoms with Crippen molar-refractivity contribution >= 4 is 5.52 Å². The lowest BCUT2D eigenvalue weighted by Crippen LogP contribution is -2.34. The fourth-order valence-corrected chi connectivity index (χ4v) is 6.61. The summed E-state index contributed by atoms with van der Waals surface area (Å²) in [5, 5.41) is 8.31. The van der Waals surface area contributed by atoms with Gasteiger partial charge >= 0.3 is 11.9 Å². The number of nitrogens with zero attached hydrogens (tertiary/aromatic N) is 6. The molecule has 0 spiro atoms. The highest BCUT2D eigenvalue weighted by Crippen LogP contribution is 2.37. The van der Waals surface area contributed by atoms with E-state index in [-0.39, 0.29) is 5.52 Å². The Morgan fingerprint density at radius 3 is 2.56 bits per heavy atom. The van der Waals surface area contributed by atoms with Crippen molar-refractivity contribution < 1.29 is 13.2 Å². The largest absolute Gasteiger partial charge is 0.418 e. The third kappa shape index (κ3) is 5.84. The van der Waals surface area contributed by atoms with Crippen LogP contribution in [0.25, 0.3) is 11.2 Å². The third-order valence-corrected chi connectivity index (χ3v) is 9.03. The van der Waals surface area contributed by atoms with Gasteiger partial charge in [-0.3, -0.25) is 13.9 Å². The van der Waals surface area contributed by atoms with Gasteiger partial charge in [-0.25, -0.2) is 4.79 Å². The van der Waals surface area contributed by atoms with Gasteiger partial charge in [0.05, 0.1) is 16.8 Å². The van der Waals surface area contributed by atoms with Gasteiger partial charge in [0, 0.05) is 39.0 Å². The molecule has 4 heterocycles. The van der Waals surface area contributed by atoms with E-state index in [2.05, 4.69) is 22.0 Å². The van der Waals surface area contributed by atoms with E-state index in [1.54, 1.807) is 18.6 Å². The molecule has 2 aliphatic rings. The molecule has 7 nitrogen and oxygen atoms in total. The standard InChI is InChI=1S/C31H37F3N6O/c1-21-6-5-11-38(16-21)17-23-14-27(31(32,33)34)28-19-39(30(41)40(28)18-23)26-10-3-7-22(13-26)12-25(24-8-4-9-24)15-29-36-35-20-37(29)2/h3,7,10,13-14,18-21,24-25H,4-6,8-9,11-12,15-17H2,1-2H3/t21-,25?/m0/s1. The summed E-state index contributed by atoms with van der Waals surface area (Å²) in [6, 6.07) is 8.85. The minimum Gasteiger partial charge on any atom is -0.321 e. The Labute approximate surface area is 237 Å². The number of aryl methyl sites for hydroxylation is 1. The third-order valence-electron chi connectivity index (χ3n) is 9.03. The number of aromatic nitrogens is 5. The van der Waals surface area contributed by atoms with Crippen LogP contribution in [0.5, 0.6) is 0 Å². The lowest BCUT2D eigenvalue weighted by molar-refractivity contribution is -0.136. The number of hydrogen-bond acceptors (Lipinski definition) is 4. The fourth-order valence-electron chi connectivity index (χ4n) is 6.61. The maximum Gasteiger partial charge on any atom is 0.418 e. The summed E-state index contributed by atoms with van der Waals surface area (Å²) in [7, 11) is 1.95. The maximum absolute atomic E-state index is 14.2. The zero-order chi connectivity index (χ0) is 28.7. The predicted octanol–water partition coefficient (Wildman–Crippen LogP) is 5.67. The van der Waals surface area contributed by atoms with Crippen LogP contribution in [0.3, 0.4) is 0 Å². The molecule has 2 atom stereocenters. The number of benzene rings is 1. The van der Waals surface area contributed by atoms with E-state index in [1.807, 2.05) is 29.8 Å². The zero-order valence-electron chi connectivity index (χ0n) is 23.6. The van der Waals surface area contributed by atoms with Crippen molar-refractivity contribution in [3.63, 3.8) is 0 Å². The Morgan fingerprint density at radius 1 is 1.05 bits per heavy atom. The molecule has 3 aromatic heterocycles. The van der Waals surface area contributed by atoms with Crippen LogP contribution in [-0.4, -0.2) is 41.7 Å². The molecule has 0 bridgehead atoms. The molecular formula is C31H37F3N6O. The van der Waals surface area contributed by atoms with E-state index in [1.165, 1.54) is 40.5 Å². The number of rotatable bonds is 8. The second-order valence-electron chi connectivity index (χ2n) is 12.2. The first kappa shape index (κ1) is 27.8. The molecule has 1 saturated carbocycles. The monoisotopic (exact) mass is 566 g/mol. The smallest absolute Gasteiger partial charge is 0.321 e. The van der Waals surface area contributed by atoms with Gasteiger partial charge in [0.25, 0.3) is 0 Å². The van der Waals surface area contributed by atoms with Gasteiger partial charge in [-0.1, -0.05) is 38.3 Å². The maximum atomic E-state index is 14.2. The molecule has 4 aromatic rings. The summed E-state index contributed by atoms with van der Waals surface area (Å²) in [5.74, 6) is 2.44. The average molecular weight is 567 g/mol. The number of piperidine rings is 1. The molecule has 10 heteroatoms. The van der Waals surface area contributed by atoms with Gasteiger partial charge in [0.2, 0.25) is 0 Å². The number of likely N-dealkylation sites (tertiary alicyclic amines) is 1. The Morgan fingerprint density at radius 2 is 1.88 bits per heavy atom. The first-order valence-electron chi connectivity index (χ1n) is 14.6. The van der Waals surface area contributed by atoms with Crippen molar-refractivity contribution in [3.05, 3.63) is 82.1 Å². The highest BCUT2D eigenvalue weighted by atomic mass is 19.4. The molecule has 2 fully saturated rings. The molecule has 0 amide bonds. The molecule has 1 aromatic carbocycles. The lowest BCUT2D eigenvalue weighted by Gasteiger charge is -2.34.